The van der Waals surface area contributed by atoms with Gasteiger partial charge in [0.15, 0.2) is 18.0 Å². The minimum atomic E-state index is -1.12. The molecule has 0 radical (unpaired) electrons. The van der Waals surface area contributed by atoms with Gasteiger partial charge in [0.25, 0.3) is 5.72 Å². The number of benzene rings is 2. The van der Waals surface area contributed by atoms with Crippen molar-refractivity contribution in [2.24, 2.45) is 0 Å². The molecular formula is C20H22BrN2O3S+. The minimum Gasteiger partial charge on any atom is -0.493 e. The highest BCUT2D eigenvalue weighted by atomic mass is 79.9. The fourth-order valence-corrected chi connectivity index (χ4v) is 5.10. The van der Waals surface area contributed by atoms with E-state index >= 15 is 0 Å². The van der Waals surface area contributed by atoms with Crippen molar-refractivity contribution in [1.82, 2.24) is 0 Å². The second kappa shape index (κ2) is 7.37. The number of halogens is 1. The molecule has 1 N–H and O–H groups in total. The van der Waals surface area contributed by atoms with Gasteiger partial charge in [-0.3, -0.25) is 0 Å². The van der Waals surface area contributed by atoms with Gasteiger partial charge in [-0.15, -0.1) is 0 Å². The molecule has 0 amide bonds. The molecule has 142 valence electrons. The smallest absolute Gasteiger partial charge is 0.316 e. The van der Waals surface area contributed by atoms with E-state index in [1.807, 2.05) is 30.3 Å². The summed E-state index contributed by atoms with van der Waals surface area (Å²) in [5, 5.41) is 12.9. The number of hydrogen-bond donors (Lipinski definition) is 1. The summed E-state index contributed by atoms with van der Waals surface area (Å²) in [6, 6.07) is 13.9. The minimum absolute atomic E-state index is 0.465. The van der Waals surface area contributed by atoms with E-state index in [-0.39, 0.29) is 0 Å². The van der Waals surface area contributed by atoms with Gasteiger partial charge < -0.3 is 14.6 Å². The van der Waals surface area contributed by atoms with Gasteiger partial charge in [0.2, 0.25) is 0 Å². The zero-order valence-corrected chi connectivity index (χ0v) is 17.7. The standard InChI is InChI=1S/C20H22BrN2O3S/c1-25-17-9-4-14(12-18(17)26-2)20(24)13-22(16-7-5-15(21)6-8-16)19-23(20)10-3-11-27-19/h4-9,12,24H,3,10-11,13H2,1-2H3/q+1/t20-/m1/s1. The van der Waals surface area contributed by atoms with Crippen molar-refractivity contribution in [3.63, 3.8) is 0 Å². The molecule has 0 aromatic heterocycles. The Morgan fingerprint density at radius 1 is 1.11 bits per heavy atom. The van der Waals surface area contributed by atoms with E-state index in [0.717, 1.165) is 39.6 Å². The largest absolute Gasteiger partial charge is 0.493 e. The number of amidine groups is 1. The van der Waals surface area contributed by atoms with Crippen molar-refractivity contribution >= 4 is 38.5 Å². The van der Waals surface area contributed by atoms with Crippen molar-refractivity contribution in [2.45, 2.75) is 12.1 Å². The molecule has 0 unspecified atom stereocenters. The van der Waals surface area contributed by atoms with Crippen LogP contribution in [0.15, 0.2) is 46.9 Å². The molecule has 5 nitrogen and oxygen atoms in total. The third-order valence-corrected chi connectivity index (χ3v) is 6.75. The fraction of sp³-hybridized carbons (Fsp3) is 0.350. The Bertz CT molecular complexity index is 887. The van der Waals surface area contributed by atoms with Crippen LogP contribution < -0.4 is 14.4 Å². The molecule has 0 bridgehead atoms. The lowest BCUT2D eigenvalue weighted by molar-refractivity contribution is -0.656. The molecule has 4 rings (SSSR count). The lowest BCUT2D eigenvalue weighted by Gasteiger charge is -2.25. The number of rotatable bonds is 4. The van der Waals surface area contributed by atoms with Crippen LogP contribution >= 0.6 is 27.7 Å². The van der Waals surface area contributed by atoms with E-state index in [9.17, 15) is 5.11 Å². The average molecular weight is 450 g/mol. The molecule has 1 atom stereocenters. The van der Waals surface area contributed by atoms with Crippen LogP contribution in [-0.4, -0.2) is 47.9 Å². The summed E-state index contributed by atoms with van der Waals surface area (Å²) in [5.74, 6) is 2.34. The van der Waals surface area contributed by atoms with Crippen molar-refractivity contribution in [2.75, 3.05) is 38.0 Å². The quantitative estimate of drug-likeness (QED) is 0.721. The number of thioether (sulfide) groups is 1. The maximum absolute atomic E-state index is 11.8. The van der Waals surface area contributed by atoms with Gasteiger partial charge in [-0.25, -0.2) is 9.48 Å². The summed E-state index contributed by atoms with van der Waals surface area (Å²) < 4.78 is 14.0. The van der Waals surface area contributed by atoms with Crippen molar-refractivity contribution < 1.29 is 19.2 Å². The second-order valence-electron chi connectivity index (χ2n) is 6.59. The van der Waals surface area contributed by atoms with E-state index in [2.05, 4.69) is 37.5 Å². The van der Waals surface area contributed by atoms with Gasteiger partial charge in [-0.1, -0.05) is 15.9 Å². The second-order valence-corrected chi connectivity index (χ2v) is 8.56. The highest BCUT2D eigenvalue weighted by Crippen LogP contribution is 2.40. The summed E-state index contributed by atoms with van der Waals surface area (Å²) in [4.78, 5) is 2.20. The van der Waals surface area contributed by atoms with E-state index in [1.54, 1.807) is 26.0 Å². The number of hydrogen-bond acceptors (Lipinski definition) is 5. The Morgan fingerprint density at radius 2 is 1.85 bits per heavy atom. The summed E-state index contributed by atoms with van der Waals surface area (Å²) in [5.41, 5.74) is 0.763. The van der Waals surface area contributed by atoms with Gasteiger partial charge in [0.1, 0.15) is 5.69 Å². The summed E-state index contributed by atoms with van der Waals surface area (Å²) in [6.45, 7) is 1.28. The third kappa shape index (κ3) is 3.22. The van der Waals surface area contributed by atoms with Crippen molar-refractivity contribution in [3.05, 3.63) is 52.5 Å². The normalized spacial score (nSPS) is 22.0. The van der Waals surface area contributed by atoms with Gasteiger partial charge in [0, 0.05) is 15.8 Å². The first-order valence-electron chi connectivity index (χ1n) is 8.82. The van der Waals surface area contributed by atoms with E-state index < -0.39 is 5.72 Å². The summed E-state index contributed by atoms with van der Waals surface area (Å²) in [7, 11) is 3.23. The topological polar surface area (TPSA) is 44.9 Å². The lowest BCUT2D eigenvalue weighted by atomic mass is 10.0. The van der Waals surface area contributed by atoms with Crippen LogP contribution in [-0.2, 0) is 5.72 Å². The third-order valence-electron chi connectivity index (χ3n) is 5.03. The highest BCUT2D eigenvalue weighted by Gasteiger charge is 2.53. The molecule has 2 aromatic rings. The maximum Gasteiger partial charge on any atom is 0.316 e. The predicted molar refractivity (Wildman–Crippen MR) is 112 cm³/mol. The van der Waals surface area contributed by atoms with Gasteiger partial charge in [-0.2, -0.15) is 0 Å². The first kappa shape index (κ1) is 18.7. The van der Waals surface area contributed by atoms with E-state index in [0.29, 0.717) is 18.0 Å². The molecule has 2 heterocycles. The average Bonchev–Trinajstić information content (AvgIpc) is 3.02. The van der Waals surface area contributed by atoms with Gasteiger partial charge >= 0.3 is 5.17 Å². The van der Waals surface area contributed by atoms with Gasteiger partial charge in [0.05, 0.1) is 20.8 Å². The number of aliphatic hydroxyl groups is 1. The molecule has 7 heteroatoms. The van der Waals surface area contributed by atoms with Crippen LogP contribution in [0.1, 0.15) is 12.0 Å². The van der Waals surface area contributed by atoms with Crippen LogP contribution in [0.3, 0.4) is 0 Å². The monoisotopic (exact) mass is 449 g/mol. The first-order valence-corrected chi connectivity index (χ1v) is 10.6. The Kier molecular flexibility index (Phi) is 5.09. The molecular weight excluding hydrogens is 428 g/mol. The van der Waals surface area contributed by atoms with Crippen LogP contribution in [0.25, 0.3) is 0 Å². The van der Waals surface area contributed by atoms with Crippen LogP contribution in [0.2, 0.25) is 0 Å². The van der Waals surface area contributed by atoms with E-state index in [4.69, 9.17) is 9.47 Å². The van der Waals surface area contributed by atoms with Crippen LogP contribution in [0, 0.1) is 0 Å². The summed E-state index contributed by atoms with van der Waals surface area (Å²) in [6.07, 6.45) is 1.04. The first-order chi connectivity index (χ1) is 13.1. The van der Waals surface area contributed by atoms with Crippen LogP contribution in [0.4, 0.5) is 5.69 Å². The highest BCUT2D eigenvalue weighted by molar-refractivity contribution is 9.10. The molecule has 27 heavy (non-hydrogen) atoms. The maximum atomic E-state index is 11.8. The lowest BCUT2D eigenvalue weighted by Crippen LogP contribution is -2.41. The Labute approximate surface area is 171 Å². The van der Waals surface area contributed by atoms with Crippen molar-refractivity contribution in [3.8, 4) is 11.5 Å². The Hall–Kier alpha value is -1.70. The predicted octanol–water partition coefficient (Wildman–Crippen LogP) is 3.64. The molecule has 0 saturated heterocycles. The molecule has 0 spiro atoms. The number of methoxy groups -OCH3 is 2. The SMILES string of the molecule is COc1ccc([C@]2(O)CN(c3ccc(Br)cc3)C3=[N+]2CCCS3)cc1OC. The van der Waals surface area contributed by atoms with Gasteiger partial charge in [-0.05, 0) is 60.6 Å². The molecule has 0 saturated carbocycles. The number of nitrogens with zero attached hydrogens (tertiary/aromatic N) is 2. The van der Waals surface area contributed by atoms with Crippen LogP contribution in [0.5, 0.6) is 11.5 Å². The molecule has 2 aliphatic heterocycles. The number of β-amino-alcohol motifs (C(OH)–C–C–N with tert-alkyl or cyclic N) is 1. The Balaban J connectivity index is 1.78. The zero-order valence-electron chi connectivity index (χ0n) is 15.3. The van der Waals surface area contributed by atoms with E-state index in [1.165, 1.54) is 0 Å². The molecule has 0 fully saturated rings. The Morgan fingerprint density at radius 3 is 2.56 bits per heavy atom. The molecule has 2 aliphatic rings. The molecule has 2 aromatic carbocycles. The fourth-order valence-electron chi connectivity index (χ4n) is 3.66. The molecule has 0 aliphatic carbocycles. The number of ether oxygens (including phenoxy) is 2. The zero-order chi connectivity index (χ0) is 19.0. The van der Waals surface area contributed by atoms with Crippen molar-refractivity contribution in [1.29, 1.82) is 0 Å². The summed E-state index contributed by atoms with van der Waals surface area (Å²) >= 11 is 5.29. The number of anilines is 1.